The summed E-state index contributed by atoms with van der Waals surface area (Å²) in [6.45, 7) is 2.77. The Hall–Kier alpha value is -1.23. The number of rotatable bonds is 4. The monoisotopic (exact) mass is 367 g/mol. The molecule has 3 rings (SSSR count). The Bertz CT molecular complexity index is 648. The molecule has 5 heteroatoms. The largest absolute Gasteiger partial charge is 0.486 e. The smallest absolute Gasteiger partial charge is 0.161 e. The highest BCUT2D eigenvalue weighted by atomic mass is 79.9. The Balaban J connectivity index is 1.60. The van der Waals surface area contributed by atoms with Crippen molar-refractivity contribution in [3.63, 3.8) is 0 Å². The predicted molar refractivity (Wildman–Crippen MR) is 87.1 cm³/mol. The number of halogens is 2. The minimum absolute atomic E-state index is 0.613. The molecule has 3 nitrogen and oxygen atoms in total. The van der Waals surface area contributed by atoms with Gasteiger partial charge in [0.25, 0.3) is 0 Å². The summed E-state index contributed by atoms with van der Waals surface area (Å²) in [5, 5.41) is 4.15. The van der Waals surface area contributed by atoms with E-state index in [2.05, 4.69) is 27.3 Å². The zero-order valence-electron chi connectivity index (χ0n) is 11.4. The lowest BCUT2D eigenvalue weighted by atomic mass is 10.2. The van der Waals surface area contributed by atoms with Gasteiger partial charge in [0.15, 0.2) is 11.5 Å². The highest BCUT2D eigenvalue weighted by Gasteiger charge is 2.11. The fraction of sp³-hybridized carbons (Fsp3) is 0.250. The van der Waals surface area contributed by atoms with Gasteiger partial charge in [-0.05, 0) is 35.4 Å². The number of fused-ring (bicyclic) bond motifs is 1. The average molecular weight is 369 g/mol. The van der Waals surface area contributed by atoms with Crippen LogP contribution in [0.2, 0.25) is 5.02 Å². The van der Waals surface area contributed by atoms with Crippen LogP contribution in [-0.4, -0.2) is 13.2 Å². The normalized spacial score (nSPS) is 13.2. The van der Waals surface area contributed by atoms with Crippen LogP contribution in [0.5, 0.6) is 11.5 Å². The summed E-state index contributed by atoms with van der Waals surface area (Å²) in [5.74, 6) is 1.65. The molecular formula is C16H15BrClNO2. The first-order chi connectivity index (χ1) is 10.2. The van der Waals surface area contributed by atoms with Crippen LogP contribution in [0.25, 0.3) is 0 Å². The van der Waals surface area contributed by atoms with Gasteiger partial charge in [0.1, 0.15) is 13.2 Å². The third-order valence-electron chi connectivity index (χ3n) is 3.27. The molecule has 2 aromatic carbocycles. The summed E-state index contributed by atoms with van der Waals surface area (Å²) in [6, 6.07) is 11.9. The van der Waals surface area contributed by atoms with E-state index in [0.717, 1.165) is 34.1 Å². The maximum Gasteiger partial charge on any atom is 0.161 e. The molecule has 0 radical (unpaired) electrons. The maximum absolute atomic E-state index is 5.94. The maximum atomic E-state index is 5.94. The van der Waals surface area contributed by atoms with Gasteiger partial charge in [-0.2, -0.15) is 0 Å². The van der Waals surface area contributed by atoms with Crippen molar-refractivity contribution in [2.75, 3.05) is 13.2 Å². The molecule has 1 heterocycles. The lowest BCUT2D eigenvalue weighted by molar-refractivity contribution is 0.171. The standard InChI is InChI=1S/C16H15BrClNO2/c17-14-8-13(18)3-2-12(14)10-19-9-11-1-4-15-16(7-11)21-6-5-20-15/h1-4,7-8,19H,5-6,9-10H2. The van der Waals surface area contributed by atoms with E-state index in [1.165, 1.54) is 11.1 Å². The van der Waals surface area contributed by atoms with Gasteiger partial charge < -0.3 is 14.8 Å². The second-order valence-corrected chi connectivity index (χ2v) is 6.11. The molecule has 1 aliphatic rings. The third-order valence-corrected chi connectivity index (χ3v) is 4.24. The molecule has 0 spiro atoms. The molecule has 1 N–H and O–H groups in total. The average Bonchev–Trinajstić information content (AvgIpc) is 2.49. The minimum Gasteiger partial charge on any atom is -0.486 e. The Morgan fingerprint density at radius 1 is 1.00 bits per heavy atom. The number of nitrogens with one attached hydrogen (secondary N) is 1. The molecule has 110 valence electrons. The SMILES string of the molecule is Clc1ccc(CNCc2ccc3c(c2)OCCO3)c(Br)c1. The van der Waals surface area contributed by atoms with Crippen LogP contribution < -0.4 is 14.8 Å². The lowest BCUT2D eigenvalue weighted by Gasteiger charge is -2.19. The van der Waals surface area contributed by atoms with E-state index in [1.54, 1.807) is 0 Å². The molecule has 0 bridgehead atoms. The first-order valence-corrected chi connectivity index (χ1v) is 7.92. The molecular weight excluding hydrogens is 354 g/mol. The summed E-state index contributed by atoms with van der Waals surface area (Å²) in [5.41, 5.74) is 2.35. The Labute approximate surface area is 137 Å². The van der Waals surface area contributed by atoms with Gasteiger partial charge in [-0.15, -0.1) is 0 Å². The van der Waals surface area contributed by atoms with E-state index >= 15 is 0 Å². The summed E-state index contributed by atoms with van der Waals surface area (Å²) in [7, 11) is 0. The Morgan fingerprint density at radius 2 is 1.81 bits per heavy atom. The fourth-order valence-corrected chi connectivity index (χ4v) is 3.03. The van der Waals surface area contributed by atoms with Crippen LogP contribution in [-0.2, 0) is 13.1 Å². The van der Waals surface area contributed by atoms with Gasteiger partial charge in [0.2, 0.25) is 0 Å². The molecule has 0 aromatic heterocycles. The van der Waals surface area contributed by atoms with Gasteiger partial charge >= 0.3 is 0 Å². The van der Waals surface area contributed by atoms with Crippen LogP contribution in [0.4, 0.5) is 0 Å². The summed E-state index contributed by atoms with van der Waals surface area (Å²) >= 11 is 9.46. The van der Waals surface area contributed by atoms with Crippen molar-refractivity contribution in [3.8, 4) is 11.5 Å². The Kier molecular flexibility index (Phi) is 4.68. The summed E-state index contributed by atoms with van der Waals surface area (Å²) < 4.78 is 12.1. The van der Waals surface area contributed by atoms with Crippen LogP contribution in [0.3, 0.4) is 0 Å². The molecule has 0 saturated carbocycles. The third kappa shape index (κ3) is 3.70. The molecule has 21 heavy (non-hydrogen) atoms. The van der Waals surface area contributed by atoms with E-state index in [1.807, 2.05) is 30.3 Å². The van der Waals surface area contributed by atoms with Gasteiger partial charge in [-0.3, -0.25) is 0 Å². The number of hydrogen-bond donors (Lipinski definition) is 1. The number of benzene rings is 2. The summed E-state index contributed by atoms with van der Waals surface area (Å²) in [4.78, 5) is 0. The van der Waals surface area contributed by atoms with Gasteiger partial charge in [0.05, 0.1) is 0 Å². The van der Waals surface area contributed by atoms with Gasteiger partial charge in [0, 0.05) is 22.6 Å². The first kappa shape index (κ1) is 14.7. The zero-order valence-corrected chi connectivity index (χ0v) is 13.7. The van der Waals surface area contributed by atoms with E-state index in [9.17, 15) is 0 Å². The zero-order chi connectivity index (χ0) is 14.7. The van der Waals surface area contributed by atoms with E-state index in [4.69, 9.17) is 21.1 Å². The second kappa shape index (κ2) is 6.69. The molecule has 0 amide bonds. The molecule has 0 saturated heterocycles. The van der Waals surface area contributed by atoms with Crippen molar-refractivity contribution in [3.05, 3.63) is 57.0 Å². The van der Waals surface area contributed by atoms with Crippen molar-refractivity contribution in [2.24, 2.45) is 0 Å². The van der Waals surface area contributed by atoms with Crippen LogP contribution >= 0.6 is 27.5 Å². The van der Waals surface area contributed by atoms with Crippen molar-refractivity contribution in [1.29, 1.82) is 0 Å². The molecule has 0 atom stereocenters. The summed E-state index contributed by atoms with van der Waals surface area (Å²) in [6.07, 6.45) is 0. The van der Waals surface area contributed by atoms with Crippen LogP contribution in [0, 0.1) is 0 Å². The van der Waals surface area contributed by atoms with Gasteiger partial charge in [-0.25, -0.2) is 0 Å². The highest BCUT2D eigenvalue weighted by Crippen LogP contribution is 2.30. The highest BCUT2D eigenvalue weighted by molar-refractivity contribution is 9.10. The number of ether oxygens (including phenoxy) is 2. The van der Waals surface area contributed by atoms with Crippen molar-refractivity contribution in [1.82, 2.24) is 5.32 Å². The van der Waals surface area contributed by atoms with Crippen LogP contribution in [0.15, 0.2) is 40.9 Å². The van der Waals surface area contributed by atoms with E-state index in [-0.39, 0.29) is 0 Å². The molecule has 2 aromatic rings. The van der Waals surface area contributed by atoms with E-state index < -0.39 is 0 Å². The molecule has 1 aliphatic heterocycles. The molecule has 0 unspecified atom stereocenters. The minimum atomic E-state index is 0.613. The first-order valence-electron chi connectivity index (χ1n) is 6.75. The topological polar surface area (TPSA) is 30.5 Å². The van der Waals surface area contributed by atoms with Crippen molar-refractivity contribution in [2.45, 2.75) is 13.1 Å². The van der Waals surface area contributed by atoms with Crippen LogP contribution in [0.1, 0.15) is 11.1 Å². The van der Waals surface area contributed by atoms with Crippen molar-refractivity contribution >= 4 is 27.5 Å². The fourth-order valence-electron chi connectivity index (χ4n) is 2.20. The second-order valence-electron chi connectivity index (χ2n) is 4.82. The molecule has 0 aliphatic carbocycles. The predicted octanol–water partition coefficient (Wildman–Crippen LogP) is 4.16. The molecule has 0 fully saturated rings. The number of hydrogen-bond acceptors (Lipinski definition) is 3. The lowest BCUT2D eigenvalue weighted by Crippen LogP contribution is -2.16. The van der Waals surface area contributed by atoms with Crippen molar-refractivity contribution < 1.29 is 9.47 Å². The Morgan fingerprint density at radius 3 is 2.62 bits per heavy atom. The van der Waals surface area contributed by atoms with Gasteiger partial charge in [-0.1, -0.05) is 39.7 Å². The quantitative estimate of drug-likeness (QED) is 0.879. The van der Waals surface area contributed by atoms with E-state index in [0.29, 0.717) is 13.2 Å².